The highest BCUT2D eigenvalue weighted by molar-refractivity contribution is 5.81. The van der Waals surface area contributed by atoms with Gasteiger partial charge in [-0.3, -0.25) is 9.59 Å². The summed E-state index contributed by atoms with van der Waals surface area (Å²) < 4.78 is 11.0. The van der Waals surface area contributed by atoms with Crippen molar-refractivity contribution in [3.05, 3.63) is 0 Å². The second kappa shape index (κ2) is 6.54. The molecular formula is C14H22O6. The Morgan fingerprint density at radius 2 is 1.50 bits per heavy atom. The monoisotopic (exact) mass is 286 g/mol. The first-order chi connectivity index (χ1) is 9.52. The molecule has 0 amide bonds. The lowest BCUT2D eigenvalue weighted by atomic mass is 9.74. The van der Waals surface area contributed by atoms with Crippen molar-refractivity contribution in [1.29, 1.82) is 0 Å². The van der Waals surface area contributed by atoms with Crippen LogP contribution in [0.4, 0.5) is 0 Å². The summed E-state index contributed by atoms with van der Waals surface area (Å²) in [5.74, 6) is -2.13. The summed E-state index contributed by atoms with van der Waals surface area (Å²) in [6, 6.07) is 0. The highest BCUT2D eigenvalue weighted by Crippen LogP contribution is 2.39. The summed E-state index contributed by atoms with van der Waals surface area (Å²) in [4.78, 5) is 22.9. The predicted octanol–water partition coefficient (Wildman–Crippen LogP) is 1.67. The average molecular weight is 286 g/mol. The SMILES string of the molecule is O=C(O)CC(CC1CCCO1)(CC1CCCO1)C(=O)O. The Hall–Kier alpha value is -1.14. The molecule has 0 spiro atoms. The van der Waals surface area contributed by atoms with Gasteiger partial charge in [-0.2, -0.15) is 0 Å². The van der Waals surface area contributed by atoms with Crippen LogP contribution in [0.3, 0.4) is 0 Å². The zero-order valence-corrected chi connectivity index (χ0v) is 11.5. The van der Waals surface area contributed by atoms with Crippen LogP contribution in [0.15, 0.2) is 0 Å². The van der Waals surface area contributed by atoms with Gasteiger partial charge in [-0.15, -0.1) is 0 Å². The van der Waals surface area contributed by atoms with E-state index in [-0.39, 0.29) is 31.5 Å². The molecular weight excluding hydrogens is 264 g/mol. The van der Waals surface area contributed by atoms with Gasteiger partial charge in [0.15, 0.2) is 0 Å². The molecule has 0 aliphatic carbocycles. The van der Waals surface area contributed by atoms with E-state index in [9.17, 15) is 14.7 Å². The van der Waals surface area contributed by atoms with Crippen molar-refractivity contribution in [3.8, 4) is 0 Å². The van der Waals surface area contributed by atoms with Crippen LogP contribution in [-0.2, 0) is 19.1 Å². The van der Waals surface area contributed by atoms with Crippen molar-refractivity contribution < 1.29 is 29.3 Å². The minimum atomic E-state index is -1.28. The molecule has 2 aliphatic heterocycles. The van der Waals surface area contributed by atoms with E-state index in [4.69, 9.17) is 14.6 Å². The Kier molecular flexibility index (Phi) is 4.99. The van der Waals surface area contributed by atoms with E-state index in [2.05, 4.69) is 0 Å². The molecule has 2 aliphatic rings. The van der Waals surface area contributed by atoms with Gasteiger partial charge in [-0.1, -0.05) is 0 Å². The number of ether oxygens (including phenoxy) is 2. The third-order valence-corrected chi connectivity index (χ3v) is 4.23. The topological polar surface area (TPSA) is 93.1 Å². The summed E-state index contributed by atoms with van der Waals surface area (Å²) in [5.41, 5.74) is -1.28. The lowest BCUT2D eigenvalue weighted by molar-refractivity contribution is -0.160. The second-order valence-corrected chi connectivity index (χ2v) is 5.83. The summed E-state index contributed by atoms with van der Waals surface area (Å²) in [7, 11) is 0. The molecule has 0 bridgehead atoms. The summed E-state index contributed by atoms with van der Waals surface area (Å²) in [6.45, 7) is 1.26. The number of hydrogen-bond acceptors (Lipinski definition) is 4. The van der Waals surface area contributed by atoms with Gasteiger partial charge < -0.3 is 19.7 Å². The molecule has 6 nitrogen and oxygen atoms in total. The van der Waals surface area contributed by atoms with Crippen LogP contribution in [0.25, 0.3) is 0 Å². The standard InChI is InChI=1S/C14H22O6/c15-12(16)9-14(13(17)18,7-10-3-1-5-19-10)8-11-4-2-6-20-11/h10-11H,1-9H2,(H,15,16)(H,17,18). The molecule has 20 heavy (non-hydrogen) atoms. The van der Waals surface area contributed by atoms with Gasteiger partial charge in [0.1, 0.15) is 0 Å². The largest absolute Gasteiger partial charge is 0.481 e. The van der Waals surface area contributed by atoms with Crippen molar-refractivity contribution in [1.82, 2.24) is 0 Å². The number of carboxylic acid groups (broad SMARTS) is 2. The van der Waals surface area contributed by atoms with E-state index in [1.807, 2.05) is 0 Å². The second-order valence-electron chi connectivity index (χ2n) is 5.83. The van der Waals surface area contributed by atoms with Crippen molar-refractivity contribution in [2.75, 3.05) is 13.2 Å². The fourth-order valence-corrected chi connectivity index (χ4v) is 3.25. The molecule has 2 saturated heterocycles. The number of carboxylic acids is 2. The maximum Gasteiger partial charge on any atom is 0.310 e. The van der Waals surface area contributed by atoms with E-state index in [0.29, 0.717) is 13.2 Å². The van der Waals surface area contributed by atoms with Crippen LogP contribution >= 0.6 is 0 Å². The quantitative estimate of drug-likeness (QED) is 0.739. The molecule has 6 heteroatoms. The third kappa shape index (κ3) is 3.70. The Labute approximate surface area is 118 Å². The number of carbonyl (C=O) groups is 2. The molecule has 0 saturated carbocycles. The van der Waals surface area contributed by atoms with Crippen LogP contribution in [0.2, 0.25) is 0 Å². The summed E-state index contributed by atoms with van der Waals surface area (Å²) in [5, 5.41) is 18.7. The molecule has 2 atom stereocenters. The first kappa shape index (κ1) is 15.3. The fraction of sp³-hybridized carbons (Fsp3) is 0.857. The first-order valence-corrected chi connectivity index (χ1v) is 7.20. The Morgan fingerprint density at radius 3 is 1.80 bits per heavy atom. The molecule has 0 aromatic rings. The first-order valence-electron chi connectivity index (χ1n) is 7.20. The molecule has 0 radical (unpaired) electrons. The predicted molar refractivity (Wildman–Crippen MR) is 69.5 cm³/mol. The van der Waals surface area contributed by atoms with Crippen LogP contribution in [0, 0.1) is 5.41 Å². The average Bonchev–Trinajstić information content (AvgIpc) is 3.01. The fourth-order valence-electron chi connectivity index (χ4n) is 3.25. The normalized spacial score (nSPS) is 29.2. The number of aliphatic carboxylic acids is 2. The maximum atomic E-state index is 11.8. The van der Waals surface area contributed by atoms with Gasteiger partial charge in [0.2, 0.25) is 0 Å². The van der Waals surface area contributed by atoms with Gasteiger partial charge >= 0.3 is 11.9 Å². The molecule has 2 rings (SSSR count). The highest BCUT2D eigenvalue weighted by atomic mass is 16.5. The molecule has 0 aromatic carbocycles. The van der Waals surface area contributed by atoms with Crippen molar-refractivity contribution >= 4 is 11.9 Å². The Bertz CT molecular complexity index is 337. The smallest absolute Gasteiger partial charge is 0.310 e. The minimum absolute atomic E-state index is 0.146. The van der Waals surface area contributed by atoms with Gasteiger partial charge in [0.05, 0.1) is 24.0 Å². The van der Waals surface area contributed by atoms with Crippen LogP contribution in [0.1, 0.15) is 44.9 Å². The third-order valence-electron chi connectivity index (χ3n) is 4.23. The molecule has 2 fully saturated rings. The van der Waals surface area contributed by atoms with E-state index in [1.54, 1.807) is 0 Å². The zero-order chi connectivity index (χ0) is 14.6. The summed E-state index contributed by atoms with van der Waals surface area (Å²) >= 11 is 0. The lowest BCUT2D eigenvalue weighted by Crippen LogP contribution is -2.40. The maximum absolute atomic E-state index is 11.8. The van der Waals surface area contributed by atoms with E-state index in [0.717, 1.165) is 25.7 Å². The zero-order valence-electron chi connectivity index (χ0n) is 11.5. The van der Waals surface area contributed by atoms with Gasteiger partial charge in [0, 0.05) is 13.2 Å². The van der Waals surface area contributed by atoms with Gasteiger partial charge in [0.25, 0.3) is 0 Å². The van der Waals surface area contributed by atoms with E-state index < -0.39 is 17.4 Å². The molecule has 2 N–H and O–H groups in total. The van der Waals surface area contributed by atoms with Gasteiger partial charge in [-0.25, -0.2) is 0 Å². The van der Waals surface area contributed by atoms with Crippen molar-refractivity contribution in [3.63, 3.8) is 0 Å². The molecule has 0 aromatic heterocycles. The van der Waals surface area contributed by atoms with Crippen molar-refractivity contribution in [2.24, 2.45) is 5.41 Å². The lowest BCUT2D eigenvalue weighted by Gasteiger charge is -2.32. The van der Waals surface area contributed by atoms with Crippen LogP contribution in [-0.4, -0.2) is 47.6 Å². The Balaban J connectivity index is 2.12. The highest BCUT2D eigenvalue weighted by Gasteiger charge is 2.45. The molecule has 114 valence electrons. The van der Waals surface area contributed by atoms with Crippen molar-refractivity contribution in [2.45, 2.75) is 57.2 Å². The summed E-state index contributed by atoms with van der Waals surface area (Å²) in [6.07, 6.45) is 3.28. The van der Waals surface area contributed by atoms with E-state index in [1.165, 1.54) is 0 Å². The van der Waals surface area contributed by atoms with Crippen LogP contribution < -0.4 is 0 Å². The minimum Gasteiger partial charge on any atom is -0.481 e. The number of rotatable bonds is 7. The molecule has 2 unspecified atom stereocenters. The van der Waals surface area contributed by atoms with Gasteiger partial charge in [-0.05, 0) is 38.5 Å². The Morgan fingerprint density at radius 1 is 1.00 bits per heavy atom. The van der Waals surface area contributed by atoms with E-state index >= 15 is 0 Å². The number of hydrogen-bond donors (Lipinski definition) is 2. The van der Waals surface area contributed by atoms with Crippen LogP contribution in [0.5, 0.6) is 0 Å². The molecule has 2 heterocycles.